The lowest BCUT2D eigenvalue weighted by molar-refractivity contribution is -0.274. The third kappa shape index (κ3) is 3.50. The van der Waals surface area contributed by atoms with E-state index in [1.54, 1.807) is 6.07 Å². The predicted octanol–water partition coefficient (Wildman–Crippen LogP) is 3.51. The Morgan fingerprint density at radius 1 is 1.30 bits per heavy atom. The van der Waals surface area contributed by atoms with E-state index in [2.05, 4.69) is 10.2 Å². The summed E-state index contributed by atoms with van der Waals surface area (Å²) in [4.78, 5) is 0.955. The molecule has 0 amide bonds. The van der Waals surface area contributed by atoms with Crippen molar-refractivity contribution in [2.45, 2.75) is 19.3 Å². The van der Waals surface area contributed by atoms with E-state index in [4.69, 9.17) is 5.84 Å². The van der Waals surface area contributed by atoms with Crippen molar-refractivity contribution >= 4 is 11.3 Å². The van der Waals surface area contributed by atoms with Crippen LogP contribution in [0.5, 0.6) is 5.75 Å². The first-order valence-electron chi connectivity index (χ1n) is 5.76. The molecule has 2 aromatic rings. The molecule has 0 saturated carbocycles. The van der Waals surface area contributed by atoms with Crippen molar-refractivity contribution in [1.82, 2.24) is 5.43 Å². The van der Waals surface area contributed by atoms with Gasteiger partial charge in [-0.2, -0.15) is 0 Å². The molecule has 2 rings (SSSR count). The van der Waals surface area contributed by atoms with Gasteiger partial charge < -0.3 is 4.74 Å². The SMILES string of the molecule is Cc1ccsc1C(NN)c1cccc(OC(F)(F)F)c1. The van der Waals surface area contributed by atoms with Crippen LogP contribution in [-0.2, 0) is 0 Å². The van der Waals surface area contributed by atoms with Gasteiger partial charge in [0.25, 0.3) is 0 Å². The molecule has 20 heavy (non-hydrogen) atoms. The van der Waals surface area contributed by atoms with Crippen LogP contribution in [0.3, 0.4) is 0 Å². The molecule has 0 bridgehead atoms. The minimum Gasteiger partial charge on any atom is -0.406 e. The number of hydrogen-bond acceptors (Lipinski definition) is 4. The van der Waals surface area contributed by atoms with Crippen LogP contribution in [0.2, 0.25) is 0 Å². The number of thiophene rings is 1. The van der Waals surface area contributed by atoms with E-state index >= 15 is 0 Å². The van der Waals surface area contributed by atoms with E-state index < -0.39 is 6.36 Å². The van der Waals surface area contributed by atoms with Crippen molar-refractivity contribution in [2.24, 2.45) is 5.84 Å². The lowest BCUT2D eigenvalue weighted by Gasteiger charge is -2.17. The van der Waals surface area contributed by atoms with Crippen molar-refractivity contribution in [3.05, 3.63) is 51.7 Å². The highest BCUT2D eigenvalue weighted by Crippen LogP contribution is 2.31. The first-order valence-corrected chi connectivity index (χ1v) is 6.64. The molecule has 1 heterocycles. The van der Waals surface area contributed by atoms with Crippen LogP contribution < -0.4 is 16.0 Å². The molecule has 1 aromatic heterocycles. The fraction of sp³-hybridized carbons (Fsp3) is 0.231. The Kier molecular flexibility index (Phi) is 4.32. The summed E-state index contributed by atoms with van der Waals surface area (Å²) in [7, 11) is 0. The summed E-state index contributed by atoms with van der Waals surface area (Å²) >= 11 is 1.49. The maximum Gasteiger partial charge on any atom is 0.573 e. The lowest BCUT2D eigenvalue weighted by atomic mass is 10.0. The predicted molar refractivity (Wildman–Crippen MR) is 71.3 cm³/mol. The fourth-order valence-corrected chi connectivity index (χ4v) is 2.91. The Morgan fingerprint density at radius 3 is 2.60 bits per heavy atom. The topological polar surface area (TPSA) is 47.3 Å². The molecule has 0 aliphatic carbocycles. The third-order valence-electron chi connectivity index (χ3n) is 2.76. The molecular formula is C13H13F3N2OS. The van der Waals surface area contributed by atoms with E-state index in [0.717, 1.165) is 10.4 Å². The van der Waals surface area contributed by atoms with Gasteiger partial charge in [0.05, 0.1) is 6.04 Å². The molecule has 7 heteroatoms. The molecule has 3 N–H and O–H groups in total. The molecule has 1 aromatic carbocycles. The number of hydrogen-bond donors (Lipinski definition) is 2. The summed E-state index contributed by atoms with van der Waals surface area (Å²) in [6, 6.07) is 7.35. The molecule has 0 aliphatic rings. The van der Waals surface area contributed by atoms with Crippen LogP contribution in [-0.4, -0.2) is 6.36 Å². The third-order valence-corrected chi connectivity index (χ3v) is 3.84. The van der Waals surface area contributed by atoms with Gasteiger partial charge in [0.1, 0.15) is 5.75 Å². The van der Waals surface area contributed by atoms with E-state index in [1.807, 2.05) is 18.4 Å². The van der Waals surface area contributed by atoms with E-state index in [0.29, 0.717) is 5.56 Å². The average molecular weight is 302 g/mol. The Morgan fingerprint density at radius 2 is 2.05 bits per heavy atom. The normalized spacial score (nSPS) is 13.2. The highest BCUT2D eigenvalue weighted by Gasteiger charge is 2.31. The van der Waals surface area contributed by atoms with Crippen LogP contribution in [0.1, 0.15) is 22.0 Å². The zero-order valence-electron chi connectivity index (χ0n) is 10.6. The van der Waals surface area contributed by atoms with Gasteiger partial charge in [-0.25, -0.2) is 5.43 Å². The molecule has 0 radical (unpaired) electrons. The minimum absolute atomic E-state index is 0.260. The quantitative estimate of drug-likeness (QED) is 0.671. The van der Waals surface area contributed by atoms with Gasteiger partial charge in [-0.3, -0.25) is 5.84 Å². The first kappa shape index (κ1) is 14.8. The van der Waals surface area contributed by atoms with Gasteiger partial charge in [-0.15, -0.1) is 24.5 Å². The maximum absolute atomic E-state index is 12.2. The van der Waals surface area contributed by atoms with Crippen molar-refractivity contribution < 1.29 is 17.9 Å². The zero-order chi connectivity index (χ0) is 14.8. The molecular weight excluding hydrogens is 289 g/mol. The second-order valence-electron chi connectivity index (χ2n) is 4.19. The summed E-state index contributed by atoms with van der Waals surface area (Å²) in [5.74, 6) is 5.28. The first-order chi connectivity index (χ1) is 9.40. The molecule has 0 spiro atoms. The number of rotatable bonds is 4. The molecule has 0 fully saturated rings. The molecule has 0 saturated heterocycles. The van der Waals surface area contributed by atoms with E-state index in [-0.39, 0.29) is 11.8 Å². The standard InChI is InChI=1S/C13H13F3N2OS/c1-8-5-6-20-12(8)11(18-17)9-3-2-4-10(7-9)19-13(14,15)16/h2-7,11,18H,17H2,1H3. The van der Waals surface area contributed by atoms with E-state index in [1.165, 1.54) is 29.5 Å². The van der Waals surface area contributed by atoms with Crippen LogP contribution in [0.4, 0.5) is 13.2 Å². The molecule has 108 valence electrons. The molecule has 1 atom stereocenters. The summed E-state index contributed by atoms with van der Waals surface area (Å²) in [6.07, 6.45) is -4.71. The Balaban J connectivity index is 2.32. The second-order valence-corrected chi connectivity index (χ2v) is 5.14. The van der Waals surface area contributed by atoms with Crippen LogP contribution in [0.15, 0.2) is 35.7 Å². The summed E-state index contributed by atoms with van der Waals surface area (Å²) in [5.41, 5.74) is 4.26. The van der Waals surface area contributed by atoms with Gasteiger partial charge in [0, 0.05) is 4.88 Å². The average Bonchev–Trinajstić information content (AvgIpc) is 2.75. The maximum atomic E-state index is 12.2. The van der Waals surface area contributed by atoms with Crippen molar-refractivity contribution in [2.75, 3.05) is 0 Å². The summed E-state index contributed by atoms with van der Waals surface area (Å²) in [6.45, 7) is 1.92. The van der Waals surface area contributed by atoms with Gasteiger partial charge in [0.15, 0.2) is 0 Å². The van der Waals surface area contributed by atoms with Gasteiger partial charge in [-0.1, -0.05) is 12.1 Å². The largest absolute Gasteiger partial charge is 0.573 e. The second kappa shape index (κ2) is 5.82. The number of hydrazine groups is 1. The highest BCUT2D eigenvalue weighted by molar-refractivity contribution is 7.10. The number of benzene rings is 1. The number of halogens is 3. The lowest BCUT2D eigenvalue weighted by Crippen LogP contribution is -2.28. The van der Waals surface area contributed by atoms with Gasteiger partial charge >= 0.3 is 6.36 Å². The van der Waals surface area contributed by atoms with Crippen molar-refractivity contribution in [3.8, 4) is 5.75 Å². The van der Waals surface area contributed by atoms with E-state index in [9.17, 15) is 13.2 Å². The smallest absolute Gasteiger partial charge is 0.406 e. The fourth-order valence-electron chi connectivity index (χ4n) is 1.89. The number of nitrogens with one attached hydrogen (secondary N) is 1. The number of ether oxygens (including phenoxy) is 1. The van der Waals surface area contributed by atoms with Crippen molar-refractivity contribution in [1.29, 1.82) is 0 Å². The summed E-state index contributed by atoms with van der Waals surface area (Å²) in [5, 5.41) is 1.91. The number of aryl methyl sites for hydroxylation is 1. The zero-order valence-corrected chi connectivity index (χ0v) is 11.4. The number of nitrogens with two attached hydrogens (primary N) is 1. The minimum atomic E-state index is -4.71. The molecule has 0 aliphatic heterocycles. The Labute approximate surface area is 118 Å². The Bertz CT molecular complexity index is 583. The van der Waals surface area contributed by atoms with Crippen molar-refractivity contribution in [3.63, 3.8) is 0 Å². The van der Waals surface area contributed by atoms with Crippen LogP contribution >= 0.6 is 11.3 Å². The molecule has 1 unspecified atom stereocenters. The molecule has 3 nitrogen and oxygen atoms in total. The van der Waals surface area contributed by atoms with Crippen LogP contribution in [0, 0.1) is 6.92 Å². The summed E-state index contributed by atoms with van der Waals surface area (Å²) < 4.78 is 40.6. The highest BCUT2D eigenvalue weighted by atomic mass is 32.1. The van der Waals surface area contributed by atoms with Gasteiger partial charge in [0.2, 0.25) is 0 Å². The van der Waals surface area contributed by atoms with Gasteiger partial charge in [-0.05, 0) is 41.6 Å². The monoisotopic (exact) mass is 302 g/mol. The Hall–Kier alpha value is -1.57. The van der Waals surface area contributed by atoms with Crippen LogP contribution in [0.25, 0.3) is 0 Å². The number of alkyl halides is 3.